The summed E-state index contributed by atoms with van der Waals surface area (Å²) in [6, 6.07) is 22.0. The number of methoxy groups -OCH3 is 1. The van der Waals surface area contributed by atoms with Crippen LogP contribution in [0.3, 0.4) is 0 Å². The summed E-state index contributed by atoms with van der Waals surface area (Å²) in [7, 11) is 1.62. The largest absolute Gasteiger partial charge is 0.507 e. The van der Waals surface area contributed by atoms with Crippen LogP contribution in [0.15, 0.2) is 77.8 Å². The van der Waals surface area contributed by atoms with Crippen LogP contribution in [-0.4, -0.2) is 33.4 Å². The Labute approximate surface area is 172 Å². The second-order valence-corrected chi connectivity index (χ2v) is 6.64. The number of halogens is 1. The fourth-order valence-electron chi connectivity index (χ4n) is 2.83. The van der Waals surface area contributed by atoms with Gasteiger partial charge in [0.1, 0.15) is 17.2 Å². The molecule has 6 nitrogen and oxygen atoms in total. The third-order valence-corrected chi connectivity index (χ3v) is 4.56. The molecule has 7 heteroatoms. The van der Waals surface area contributed by atoms with E-state index in [0.29, 0.717) is 22.1 Å². The zero-order chi connectivity index (χ0) is 20.2. The first-order valence-electron chi connectivity index (χ1n) is 8.84. The fourth-order valence-corrected chi connectivity index (χ4v) is 3.00. The SMILES string of the molecule is COc1ccc(-n2nnc(-c3ccccc3)c2/N=C/c2ccc(Cl)cc2O)cc1. The number of rotatable bonds is 5. The van der Waals surface area contributed by atoms with E-state index in [0.717, 1.165) is 17.0 Å². The molecule has 29 heavy (non-hydrogen) atoms. The first kappa shape index (κ1) is 18.7. The van der Waals surface area contributed by atoms with E-state index in [1.807, 2.05) is 54.6 Å². The van der Waals surface area contributed by atoms with Crippen LogP contribution in [0.4, 0.5) is 5.82 Å². The van der Waals surface area contributed by atoms with Crippen molar-refractivity contribution in [2.75, 3.05) is 7.11 Å². The van der Waals surface area contributed by atoms with E-state index in [1.54, 1.807) is 30.1 Å². The second-order valence-electron chi connectivity index (χ2n) is 6.20. The van der Waals surface area contributed by atoms with Gasteiger partial charge in [0.25, 0.3) is 0 Å². The van der Waals surface area contributed by atoms with Crippen LogP contribution >= 0.6 is 11.6 Å². The highest BCUT2D eigenvalue weighted by atomic mass is 35.5. The number of aromatic nitrogens is 3. The number of nitrogens with zero attached hydrogens (tertiary/aromatic N) is 4. The monoisotopic (exact) mass is 404 g/mol. The molecule has 1 N–H and O–H groups in total. The minimum Gasteiger partial charge on any atom is -0.507 e. The number of aromatic hydroxyl groups is 1. The van der Waals surface area contributed by atoms with Crippen LogP contribution in [0.5, 0.6) is 11.5 Å². The summed E-state index contributed by atoms with van der Waals surface area (Å²) in [5, 5.41) is 19.2. The molecule has 4 rings (SSSR count). The van der Waals surface area contributed by atoms with Crippen LogP contribution in [0.25, 0.3) is 16.9 Å². The van der Waals surface area contributed by atoms with Crippen molar-refractivity contribution < 1.29 is 9.84 Å². The van der Waals surface area contributed by atoms with E-state index in [4.69, 9.17) is 16.3 Å². The second kappa shape index (κ2) is 8.16. The number of aliphatic imine (C=N–C) groups is 1. The molecule has 0 saturated carbocycles. The Balaban J connectivity index is 1.82. The summed E-state index contributed by atoms with van der Waals surface area (Å²) in [6.45, 7) is 0. The van der Waals surface area contributed by atoms with E-state index < -0.39 is 0 Å². The van der Waals surface area contributed by atoms with Gasteiger partial charge in [-0.2, -0.15) is 4.68 Å². The van der Waals surface area contributed by atoms with Crippen molar-refractivity contribution in [3.05, 3.63) is 83.4 Å². The van der Waals surface area contributed by atoms with E-state index in [2.05, 4.69) is 15.3 Å². The molecule has 0 bridgehead atoms. The number of phenolic OH excluding ortho intramolecular Hbond substituents is 1. The maximum Gasteiger partial charge on any atom is 0.184 e. The average molecular weight is 405 g/mol. The molecule has 3 aromatic carbocycles. The van der Waals surface area contributed by atoms with E-state index >= 15 is 0 Å². The molecule has 0 radical (unpaired) electrons. The molecule has 0 amide bonds. The lowest BCUT2D eigenvalue weighted by atomic mass is 10.1. The van der Waals surface area contributed by atoms with Crippen LogP contribution in [0, 0.1) is 0 Å². The third-order valence-electron chi connectivity index (χ3n) is 4.33. The minimum atomic E-state index is 0.0472. The van der Waals surface area contributed by atoms with Crippen molar-refractivity contribution >= 4 is 23.6 Å². The Kier molecular flexibility index (Phi) is 5.27. The molecular formula is C22H17ClN4O2. The van der Waals surface area contributed by atoms with Crippen molar-refractivity contribution in [2.45, 2.75) is 0 Å². The van der Waals surface area contributed by atoms with E-state index in [-0.39, 0.29) is 5.75 Å². The number of phenols is 1. The molecule has 1 heterocycles. The first-order valence-corrected chi connectivity index (χ1v) is 9.21. The van der Waals surface area contributed by atoms with Crippen LogP contribution in [-0.2, 0) is 0 Å². The third kappa shape index (κ3) is 3.97. The fraction of sp³-hybridized carbons (Fsp3) is 0.0455. The summed E-state index contributed by atoms with van der Waals surface area (Å²) in [5.41, 5.74) is 2.84. The highest BCUT2D eigenvalue weighted by Gasteiger charge is 2.15. The number of ether oxygens (including phenoxy) is 1. The van der Waals surface area contributed by atoms with Crippen molar-refractivity contribution in [1.82, 2.24) is 15.0 Å². The molecule has 0 aliphatic carbocycles. The lowest BCUT2D eigenvalue weighted by molar-refractivity contribution is 0.414. The highest BCUT2D eigenvalue weighted by Crippen LogP contribution is 2.31. The Morgan fingerprint density at radius 1 is 1.03 bits per heavy atom. The molecule has 144 valence electrons. The number of hydrogen-bond donors (Lipinski definition) is 1. The van der Waals surface area contributed by atoms with Gasteiger partial charge in [0.15, 0.2) is 5.82 Å². The predicted molar refractivity (Wildman–Crippen MR) is 114 cm³/mol. The normalized spacial score (nSPS) is 11.1. The maximum absolute atomic E-state index is 10.1. The Morgan fingerprint density at radius 2 is 1.79 bits per heavy atom. The van der Waals surface area contributed by atoms with Gasteiger partial charge >= 0.3 is 0 Å². The van der Waals surface area contributed by atoms with Crippen molar-refractivity contribution in [1.29, 1.82) is 0 Å². The van der Waals surface area contributed by atoms with Gasteiger partial charge in [0, 0.05) is 22.4 Å². The summed E-state index contributed by atoms with van der Waals surface area (Å²) in [4.78, 5) is 4.60. The summed E-state index contributed by atoms with van der Waals surface area (Å²) in [6.07, 6.45) is 1.57. The van der Waals surface area contributed by atoms with Gasteiger partial charge in [0.2, 0.25) is 0 Å². The van der Waals surface area contributed by atoms with Gasteiger partial charge in [-0.05, 0) is 42.5 Å². The zero-order valence-electron chi connectivity index (χ0n) is 15.5. The number of hydrogen-bond acceptors (Lipinski definition) is 5. The topological polar surface area (TPSA) is 72.5 Å². The first-order chi connectivity index (χ1) is 14.2. The molecule has 0 aliphatic rings. The molecule has 0 spiro atoms. The van der Waals surface area contributed by atoms with Crippen molar-refractivity contribution in [3.63, 3.8) is 0 Å². The van der Waals surface area contributed by atoms with Gasteiger partial charge in [-0.25, -0.2) is 4.99 Å². The quantitative estimate of drug-likeness (QED) is 0.472. The molecule has 0 atom stereocenters. The van der Waals surface area contributed by atoms with Crippen LogP contribution in [0.2, 0.25) is 5.02 Å². The Bertz CT molecular complexity index is 1160. The molecule has 0 unspecified atom stereocenters. The molecule has 0 fully saturated rings. The lowest BCUT2D eigenvalue weighted by Crippen LogP contribution is -1.97. The smallest absolute Gasteiger partial charge is 0.184 e. The summed E-state index contributed by atoms with van der Waals surface area (Å²) < 4.78 is 6.87. The number of benzene rings is 3. The van der Waals surface area contributed by atoms with Crippen LogP contribution < -0.4 is 4.74 Å². The van der Waals surface area contributed by atoms with Gasteiger partial charge in [-0.3, -0.25) is 0 Å². The molecule has 1 aromatic heterocycles. The zero-order valence-corrected chi connectivity index (χ0v) is 16.3. The molecular weight excluding hydrogens is 388 g/mol. The minimum absolute atomic E-state index is 0.0472. The Morgan fingerprint density at radius 3 is 2.48 bits per heavy atom. The lowest BCUT2D eigenvalue weighted by Gasteiger charge is -2.06. The van der Waals surface area contributed by atoms with Gasteiger partial charge in [0.05, 0.1) is 12.8 Å². The molecule has 4 aromatic rings. The van der Waals surface area contributed by atoms with E-state index in [9.17, 15) is 5.11 Å². The Hall–Kier alpha value is -3.64. The average Bonchev–Trinajstić information content (AvgIpc) is 3.18. The van der Waals surface area contributed by atoms with E-state index in [1.165, 1.54) is 6.07 Å². The van der Waals surface area contributed by atoms with Gasteiger partial charge < -0.3 is 9.84 Å². The van der Waals surface area contributed by atoms with Crippen LogP contribution in [0.1, 0.15) is 5.56 Å². The maximum atomic E-state index is 10.1. The standard InChI is InChI=1S/C22H17ClN4O2/c1-29-19-11-9-18(10-12-19)27-22(21(25-26-27)15-5-3-2-4-6-15)24-14-16-7-8-17(23)13-20(16)28/h2-14,28H,1H3/b24-14+. The molecule has 0 saturated heterocycles. The van der Waals surface area contributed by atoms with Gasteiger partial charge in [-0.1, -0.05) is 47.1 Å². The molecule has 0 aliphatic heterocycles. The summed E-state index contributed by atoms with van der Waals surface area (Å²) in [5.74, 6) is 1.33. The van der Waals surface area contributed by atoms with Crippen molar-refractivity contribution in [3.8, 4) is 28.4 Å². The van der Waals surface area contributed by atoms with Gasteiger partial charge in [-0.15, -0.1) is 5.10 Å². The highest BCUT2D eigenvalue weighted by molar-refractivity contribution is 6.30. The predicted octanol–water partition coefficient (Wildman–Crippen LogP) is 5.05. The van der Waals surface area contributed by atoms with Crippen molar-refractivity contribution in [2.24, 2.45) is 4.99 Å². The summed E-state index contributed by atoms with van der Waals surface area (Å²) >= 11 is 5.91.